The molecule has 0 aliphatic carbocycles. The zero-order chi connectivity index (χ0) is 26.7. The Bertz CT molecular complexity index is 1320. The van der Waals surface area contributed by atoms with Crippen LogP contribution in [0.5, 0.6) is 0 Å². The van der Waals surface area contributed by atoms with Crippen molar-refractivity contribution in [3.8, 4) is 45.7 Å². The van der Waals surface area contributed by atoms with Crippen LogP contribution in [0.1, 0.15) is 99.2 Å². The van der Waals surface area contributed by atoms with Crippen LogP contribution in [0.2, 0.25) is 0 Å². The molecule has 0 radical (unpaired) electrons. The highest BCUT2D eigenvalue weighted by Gasteiger charge is 2.19. The molecule has 4 rings (SSSR count). The maximum absolute atomic E-state index is 5.68. The molecule has 0 saturated heterocycles. The Hall–Kier alpha value is -2.99. The van der Waals surface area contributed by atoms with E-state index >= 15 is 0 Å². The maximum atomic E-state index is 5.68. The number of thiophene rings is 2. The first-order valence-corrected chi connectivity index (χ1v) is 15.6. The van der Waals surface area contributed by atoms with Crippen LogP contribution < -0.4 is 0 Å². The third-order valence-electron chi connectivity index (χ3n) is 6.88. The number of aromatic nitrogens is 3. The molecule has 0 N–H and O–H groups in total. The van der Waals surface area contributed by atoms with Gasteiger partial charge in [0.2, 0.25) is 0 Å². The molecule has 4 aromatic rings. The zero-order valence-electron chi connectivity index (χ0n) is 22.7. The molecule has 38 heavy (non-hydrogen) atoms. The highest BCUT2D eigenvalue weighted by atomic mass is 32.1. The van der Waals surface area contributed by atoms with Crippen LogP contribution in [-0.4, -0.2) is 15.0 Å². The van der Waals surface area contributed by atoms with Gasteiger partial charge in [0.05, 0.1) is 26.0 Å². The van der Waals surface area contributed by atoms with Crippen molar-refractivity contribution in [3.63, 3.8) is 0 Å². The van der Waals surface area contributed by atoms with Crippen LogP contribution in [0.3, 0.4) is 0 Å². The Morgan fingerprint density at radius 1 is 0.658 bits per heavy atom. The molecule has 0 fully saturated rings. The number of terminal acetylenes is 2. The second kappa shape index (κ2) is 14.2. The largest absolute Gasteiger partial charge is 0.252 e. The number of nitrogens with zero attached hydrogens (tertiary/aromatic N) is 3. The number of rotatable bonds is 14. The predicted octanol–water partition coefficient (Wildman–Crippen LogP) is 9.47. The normalized spacial score (nSPS) is 11.1. The van der Waals surface area contributed by atoms with Gasteiger partial charge in [-0.3, -0.25) is 4.98 Å². The summed E-state index contributed by atoms with van der Waals surface area (Å²) in [6.07, 6.45) is 27.6. The van der Waals surface area contributed by atoms with Gasteiger partial charge in [-0.15, -0.1) is 35.5 Å². The van der Waals surface area contributed by atoms with E-state index in [0.717, 1.165) is 78.9 Å². The van der Waals surface area contributed by atoms with E-state index in [9.17, 15) is 0 Å². The fraction of sp³-hybridized carbons (Fsp3) is 0.424. The van der Waals surface area contributed by atoms with Gasteiger partial charge in [0.1, 0.15) is 16.7 Å². The quantitative estimate of drug-likeness (QED) is 0.118. The van der Waals surface area contributed by atoms with Crippen molar-refractivity contribution in [2.45, 2.75) is 90.9 Å². The highest BCUT2D eigenvalue weighted by molar-refractivity contribution is 7.16. The fourth-order valence-corrected chi connectivity index (χ4v) is 6.41. The number of pyridine rings is 1. The molecule has 0 unspecified atom stereocenters. The third-order valence-corrected chi connectivity index (χ3v) is 8.96. The van der Waals surface area contributed by atoms with E-state index in [1.807, 2.05) is 18.3 Å². The second-order valence-electron chi connectivity index (χ2n) is 9.78. The standard InChI is InChI=1S/C33H37N3S2/c1-5-9-11-13-15-17-27-28(18-16-14-12-10-6-2)36-33-31(35-27)26(29-21-19-24(7-3)37-29)23-34-32(33)30-22-20-25(8-4)38-30/h3-4,19-23H,5-6,9-18H2,1-2H3. The molecule has 0 aliphatic heterocycles. The van der Waals surface area contributed by atoms with Crippen molar-refractivity contribution in [3.05, 3.63) is 51.6 Å². The van der Waals surface area contributed by atoms with Gasteiger partial charge in [0.15, 0.2) is 0 Å². The molecule has 5 heteroatoms. The molecular formula is C33H37N3S2. The minimum absolute atomic E-state index is 0.859. The van der Waals surface area contributed by atoms with Crippen LogP contribution in [0.15, 0.2) is 30.5 Å². The average molecular weight is 540 g/mol. The average Bonchev–Trinajstić information content (AvgIpc) is 3.62. The van der Waals surface area contributed by atoms with Crippen LogP contribution in [-0.2, 0) is 12.8 Å². The molecule has 196 valence electrons. The molecule has 0 aromatic carbocycles. The van der Waals surface area contributed by atoms with Crippen LogP contribution in [0.4, 0.5) is 0 Å². The SMILES string of the molecule is C#Cc1ccc(-c2cnc(-c3ccc(C#C)s3)c3nc(CCCCCCC)c(CCCCCCC)nc23)s1. The summed E-state index contributed by atoms with van der Waals surface area (Å²) in [7, 11) is 0. The number of aryl methyl sites for hydroxylation is 2. The topological polar surface area (TPSA) is 38.7 Å². The molecule has 0 bridgehead atoms. The van der Waals surface area contributed by atoms with Gasteiger partial charge >= 0.3 is 0 Å². The number of hydrogen-bond acceptors (Lipinski definition) is 5. The first-order valence-electron chi connectivity index (χ1n) is 14.0. The minimum atomic E-state index is 0.859. The van der Waals surface area contributed by atoms with Gasteiger partial charge in [0.25, 0.3) is 0 Å². The fourth-order valence-electron chi connectivity index (χ4n) is 4.77. The van der Waals surface area contributed by atoms with E-state index in [1.165, 1.54) is 51.4 Å². The molecule has 0 spiro atoms. The van der Waals surface area contributed by atoms with Gasteiger partial charge in [0, 0.05) is 16.6 Å². The van der Waals surface area contributed by atoms with Crippen LogP contribution in [0.25, 0.3) is 32.0 Å². The van der Waals surface area contributed by atoms with Crippen molar-refractivity contribution in [2.75, 3.05) is 0 Å². The lowest BCUT2D eigenvalue weighted by Gasteiger charge is -2.14. The van der Waals surface area contributed by atoms with E-state index in [1.54, 1.807) is 22.7 Å². The van der Waals surface area contributed by atoms with Gasteiger partial charge in [-0.1, -0.05) is 77.1 Å². The summed E-state index contributed by atoms with van der Waals surface area (Å²) in [5.74, 6) is 5.51. The smallest absolute Gasteiger partial charge is 0.117 e. The maximum Gasteiger partial charge on any atom is 0.117 e. The highest BCUT2D eigenvalue weighted by Crippen LogP contribution is 2.37. The zero-order valence-corrected chi connectivity index (χ0v) is 24.3. The minimum Gasteiger partial charge on any atom is -0.252 e. The third kappa shape index (κ3) is 6.90. The summed E-state index contributed by atoms with van der Waals surface area (Å²) in [6, 6.07) is 8.10. The van der Waals surface area contributed by atoms with E-state index in [2.05, 4.69) is 37.8 Å². The number of fused-ring (bicyclic) bond motifs is 1. The van der Waals surface area contributed by atoms with Crippen molar-refractivity contribution >= 4 is 33.7 Å². The second-order valence-corrected chi connectivity index (χ2v) is 11.9. The van der Waals surface area contributed by atoms with Gasteiger partial charge in [-0.25, -0.2) is 9.97 Å². The van der Waals surface area contributed by atoms with Crippen molar-refractivity contribution in [1.82, 2.24) is 15.0 Å². The lowest BCUT2D eigenvalue weighted by atomic mass is 10.0. The van der Waals surface area contributed by atoms with E-state index in [0.29, 0.717) is 0 Å². The van der Waals surface area contributed by atoms with E-state index in [-0.39, 0.29) is 0 Å². The number of unbranched alkanes of at least 4 members (excludes halogenated alkanes) is 8. The molecule has 4 aromatic heterocycles. The monoisotopic (exact) mass is 539 g/mol. The first-order chi connectivity index (χ1) is 18.7. The summed E-state index contributed by atoms with van der Waals surface area (Å²) in [5.41, 5.74) is 5.91. The Morgan fingerprint density at radius 3 is 1.74 bits per heavy atom. The van der Waals surface area contributed by atoms with Crippen LogP contribution >= 0.6 is 22.7 Å². The Balaban J connectivity index is 1.80. The predicted molar refractivity (Wildman–Crippen MR) is 165 cm³/mol. The first kappa shape index (κ1) is 28.0. The molecule has 0 atom stereocenters. The van der Waals surface area contributed by atoms with E-state index < -0.39 is 0 Å². The Labute approximate surface area is 236 Å². The summed E-state index contributed by atoms with van der Waals surface area (Å²) >= 11 is 3.18. The Kier molecular flexibility index (Phi) is 10.5. The van der Waals surface area contributed by atoms with Gasteiger partial charge in [-0.2, -0.15) is 0 Å². The number of hydrogen-bond donors (Lipinski definition) is 0. The van der Waals surface area contributed by atoms with Crippen molar-refractivity contribution in [2.24, 2.45) is 0 Å². The molecule has 4 heterocycles. The Morgan fingerprint density at radius 2 is 1.18 bits per heavy atom. The van der Waals surface area contributed by atoms with Gasteiger partial charge in [-0.05, 0) is 49.9 Å². The summed E-state index contributed by atoms with van der Waals surface area (Å²) < 4.78 is 0. The molecule has 0 aliphatic rings. The van der Waals surface area contributed by atoms with Crippen molar-refractivity contribution < 1.29 is 0 Å². The van der Waals surface area contributed by atoms with Crippen LogP contribution in [0, 0.1) is 24.7 Å². The summed E-state index contributed by atoms with van der Waals surface area (Å²) in [6.45, 7) is 4.52. The summed E-state index contributed by atoms with van der Waals surface area (Å²) in [5, 5.41) is 0. The van der Waals surface area contributed by atoms with Gasteiger partial charge < -0.3 is 0 Å². The lowest BCUT2D eigenvalue weighted by molar-refractivity contribution is 0.612. The molecular weight excluding hydrogens is 503 g/mol. The molecule has 3 nitrogen and oxygen atoms in total. The molecule has 0 amide bonds. The molecule has 0 saturated carbocycles. The van der Waals surface area contributed by atoms with E-state index in [4.69, 9.17) is 27.8 Å². The van der Waals surface area contributed by atoms with Crippen molar-refractivity contribution in [1.29, 1.82) is 0 Å². The summed E-state index contributed by atoms with van der Waals surface area (Å²) in [4.78, 5) is 19.5. The lowest BCUT2D eigenvalue weighted by Crippen LogP contribution is -2.05.